The molecule has 0 bridgehead atoms. The van der Waals surface area contributed by atoms with E-state index in [0.717, 1.165) is 16.8 Å². The molecule has 0 amide bonds. The predicted octanol–water partition coefficient (Wildman–Crippen LogP) is -1.30. The summed E-state index contributed by atoms with van der Waals surface area (Å²) in [7, 11) is -10.4. The number of nitrogens with two attached hydrogens (primary N) is 1. The Bertz CT molecular complexity index is 923. The second-order valence-electron chi connectivity index (χ2n) is 6.61. The van der Waals surface area contributed by atoms with Gasteiger partial charge in [-0.1, -0.05) is 20.8 Å². The van der Waals surface area contributed by atoms with Crippen molar-refractivity contribution in [3.8, 4) is 0 Å². The fraction of sp³-hybridized carbons (Fsp3) is 0.733. The molecule has 0 spiro atoms. The van der Waals surface area contributed by atoms with Gasteiger partial charge in [-0.2, -0.15) is 4.31 Å². The number of ether oxygens (including phenoxy) is 1. The second-order valence-corrected chi connectivity index (χ2v) is 9.44. The molecule has 0 saturated carbocycles. The molecule has 32 heavy (non-hydrogen) atoms. The Morgan fingerprint density at radius 1 is 1.19 bits per heavy atom. The molecule has 2 rings (SSSR count). The molecule has 1 fully saturated rings. The molecule has 1 unspecified atom stereocenters. The summed E-state index contributed by atoms with van der Waals surface area (Å²) in [6, 6.07) is -0.151. The SMILES string of the molecule is CCN(CC)CC.N[C@@H]1[C@H](O)[C@@H](COP(=O)(O)OP(=O)(O)O)O[C@H]1n1ccc(=O)[nH]c1=O. The van der Waals surface area contributed by atoms with E-state index in [9.17, 15) is 28.7 Å². The molecule has 1 aromatic rings. The van der Waals surface area contributed by atoms with Gasteiger partial charge in [-0.3, -0.25) is 18.9 Å². The summed E-state index contributed by atoms with van der Waals surface area (Å²) in [6.45, 7) is 9.30. The highest BCUT2D eigenvalue weighted by atomic mass is 31.3. The van der Waals surface area contributed by atoms with Crippen molar-refractivity contribution in [2.75, 3.05) is 26.2 Å². The van der Waals surface area contributed by atoms with Crippen LogP contribution in [0.5, 0.6) is 0 Å². The summed E-state index contributed by atoms with van der Waals surface area (Å²) in [5.74, 6) is 0. The Balaban J connectivity index is 0.000000633. The Kier molecular flexibility index (Phi) is 11.1. The summed E-state index contributed by atoms with van der Waals surface area (Å²) in [5, 5.41) is 9.98. The lowest BCUT2D eigenvalue weighted by molar-refractivity contribution is -0.0455. The molecule has 186 valence electrons. The molecule has 17 heteroatoms. The first-order valence-corrected chi connectivity index (χ1v) is 12.6. The first-order chi connectivity index (χ1) is 14.7. The number of rotatable bonds is 9. The van der Waals surface area contributed by atoms with E-state index >= 15 is 0 Å². The van der Waals surface area contributed by atoms with Crippen LogP contribution in [0.2, 0.25) is 0 Å². The van der Waals surface area contributed by atoms with Gasteiger partial charge in [0.15, 0.2) is 6.23 Å². The van der Waals surface area contributed by atoms with Crippen molar-refractivity contribution in [2.45, 2.75) is 45.2 Å². The van der Waals surface area contributed by atoms with Gasteiger partial charge < -0.3 is 35.2 Å². The van der Waals surface area contributed by atoms with E-state index < -0.39 is 58.0 Å². The van der Waals surface area contributed by atoms with Gasteiger partial charge in [-0.05, 0) is 19.6 Å². The molecule has 1 aromatic heterocycles. The summed E-state index contributed by atoms with van der Waals surface area (Å²) in [6.07, 6.45) is -2.93. The van der Waals surface area contributed by atoms with E-state index in [1.165, 1.54) is 19.6 Å². The van der Waals surface area contributed by atoms with Crippen LogP contribution in [0.25, 0.3) is 0 Å². The zero-order chi connectivity index (χ0) is 24.7. The maximum atomic E-state index is 11.7. The lowest BCUT2D eigenvalue weighted by atomic mass is 10.1. The summed E-state index contributed by atoms with van der Waals surface area (Å²) in [5.41, 5.74) is 4.20. The minimum absolute atomic E-state index is 0.663. The molecular weight excluding hydrogens is 474 g/mol. The zero-order valence-corrected chi connectivity index (χ0v) is 19.6. The molecule has 0 radical (unpaired) electrons. The Morgan fingerprint density at radius 2 is 1.75 bits per heavy atom. The normalized spacial score (nSPS) is 25.3. The van der Waals surface area contributed by atoms with Gasteiger partial charge in [0.25, 0.3) is 5.56 Å². The highest BCUT2D eigenvalue weighted by Gasteiger charge is 2.44. The molecule has 1 aliphatic rings. The van der Waals surface area contributed by atoms with Crippen molar-refractivity contribution in [3.63, 3.8) is 0 Å². The van der Waals surface area contributed by atoms with Crippen LogP contribution in [0.3, 0.4) is 0 Å². The van der Waals surface area contributed by atoms with E-state index in [0.29, 0.717) is 0 Å². The third-order valence-corrected chi connectivity index (χ3v) is 6.65. The number of aromatic nitrogens is 2. The van der Waals surface area contributed by atoms with Crippen LogP contribution in [-0.4, -0.2) is 78.7 Å². The van der Waals surface area contributed by atoms with E-state index in [1.807, 2.05) is 4.98 Å². The molecule has 7 N–H and O–H groups in total. The van der Waals surface area contributed by atoms with Crippen LogP contribution < -0.4 is 17.0 Å². The van der Waals surface area contributed by atoms with Crippen molar-refractivity contribution >= 4 is 15.6 Å². The lowest BCUT2D eigenvalue weighted by Gasteiger charge is -2.18. The standard InChI is InChI=1S/C9H15N3O11P2.C6H15N/c10-6-7(14)4(3-21-25(19,20)23-24(16,17)18)22-8(6)12-2-1-5(13)11-9(12)15;1-4-7(5-2)6-3/h1-2,4,6-8,14H,3,10H2,(H,19,20)(H,11,13,15)(H2,16,17,18);4-6H2,1-3H3/t4-,6-,7-,8-;/m1./s1. The number of nitrogens with zero attached hydrogens (tertiary/aromatic N) is 2. The third kappa shape index (κ3) is 8.96. The summed E-state index contributed by atoms with van der Waals surface area (Å²) >= 11 is 0. The van der Waals surface area contributed by atoms with Crippen LogP contribution in [0.4, 0.5) is 0 Å². The van der Waals surface area contributed by atoms with E-state index in [2.05, 4.69) is 34.5 Å². The second kappa shape index (κ2) is 12.3. The number of phosphoric acid groups is 2. The Labute approximate surface area is 183 Å². The number of hydrogen-bond donors (Lipinski definition) is 6. The van der Waals surface area contributed by atoms with Crippen molar-refractivity contribution < 1.29 is 42.5 Å². The number of nitrogens with one attached hydrogen (secondary N) is 1. The molecule has 2 heterocycles. The van der Waals surface area contributed by atoms with Crippen LogP contribution >= 0.6 is 15.6 Å². The lowest BCUT2D eigenvalue weighted by Crippen LogP contribution is -2.43. The van der Waals surface area contributed by atoms with Crippen LogP contribution in [0.1, 0.15) is 27.0 Å². The minimum atomic E-state index is -5.29. The maximum absolute atomic E-state index is 11.7. The van der Waals surface area contributed by atoms with Gasteiger partial charge in [0, 0.05) is 12.3 Å². The smallest absolute Gasteiger partial charge is 0.389 e. The fourth-order valence-corrected chi connectivity index (χ4v) is 4.38. The van der Waals surface area contributed by atoms with Gasteiger partial charge in [0.1, 0.15) is 12.2 Å². The van der Waals surface area contributed by atoms with Gasteiger partial charge in [-0.25, -0.2) is 13.9 Å². The molecule has 1 aliphatic heterocycles. The first kappa shape index (κ1) is 28.8. The average molecular weight is 504 g/mol. The van der Waals surface area contributed by atoms with Gasteiger partial charge in [-0.15, -0.1) is 0 Å². The fourth-order valence-electron chi connectivity index (χ4n) is 2.78. The number of hydrogen-bond acceptors (Lipinski definition) is 10. The number of aliphatic hydroxyl groups is 1. The topological polar surface area (TPSA) is 227 Å². The van der Waals surface area contributed by atoms with E-state index in [-0.39, 0.29) is 0 Å². The van der Waals surface area contributed by atoms with Crippen LogP contribution in [0, 0.1) is 0 Å². The Morgan fingerprint density at radius 3 is 2.19 bits per heavy atom. The Hall–Kier alpha value is -1.22. The first-order valence-electron chi connectivity index (χ1n) is 9.61. The molecule has 0 aromatic carbocycles. The van der Waals surface area contributed by atoms with Crippen molar-refractivity contribution in [3.05, 3.63) is 33.1 Å². The van der Waals surface area contributed by atoms with Gasteiger partial charge in [0.05, 0.1) is 12.6 Å². The minimum Gasteiger partial charge on any atom is -0.389 e. The number of phosphoric ester groups is 1. The number of aliphatic hydroxyl groups excluding tert-OH is 1. The molecular formula is C15H30N4O11P2. The predicted molar refractivity (Wildman–Crippen MR) is 112 cm³/mol. The van der Waals surface area contributed by atoms with Crippen LogP contribution in [-0.2, 0) is 22.7 Å². The summed E-state index contributed by atoms with van der Waals surface area (Å²) < 4.78 is 36.0. The van der Waals surface area contributed by atoms with Crippen molar-refractivity contribution in [1.82, 2.24) is 14.5 Å². The molecule has 1 saturated heterocycles. The largest absolute Gasteiger partial charge is 0.481 e. The quantitative estimate of drug-likeness (QED) is 0.215. The van der Waals surface area contributed by atoms with Crippen molar-refractivity contribution in [2.24, 2.45) is 5.73 Å². The van der Waals surface area contributed by atoms with E-state index in [1.54, 1.807) is 0 Å². The number of aromatic amines is 1. The van der Waals surface area contributed by atoms with Crippen LogP contribution in [0.15, 0.2) is 21.9 Å². The molecule has 5 atom stereocenters. The highest BCUT2D eigenvalue weighted by Crippen LogP contribution is 2.57. The zero-order valence-electron chi connectivity index (χ0n) is 17.8. The van der Waals surface area contributed by atoms with Crippen molar-refractivity contribution in [1.29, 1.82) is 0 Å². The maximum Gasteiger partial charge on any atom is 0.481 e. The number of H-pyrrole nitrogens is 1. The third-order valence-electron chi connectivity index (χ3n) is 4.50. The monoisotopic (exact) mass is 504 g/mol. The molecule has 15 nitrogen and oxygen atoms in total. The average Bonchev–Trinajstić information content (AvgIpc) is 2.95. The highest BCUT2D eigenvalue weighted by molar-refractivity contribution is 7.60. The van der Waals surface area contributed by atoms with Gasteiger partial charge in [0.2, 0.25) is 0 Å². The molecule has 0 aliphatic carbocycles. The van der Waals surface area contributed by atoms with Gasteiger partial charge >= 0.3 is 21.3 Å². The summed E-state index contributed by atoms with van der Waals surface area (Å²) in [4.78, 5) is 53.3. The van der Waals surface area contributed by atoms with E-state index in [4.69, 9.17) is 20.3 Å².